The number of nitrogens with zero attached hydrogens (tertiary/aromatic N) is 2. The fourth-order valence-corrected chi connectivity index (χ4v) is 3.78. The van der Waals surface area contributed by atoms with E-state index in [1.807, 2.05) is 12.1 Å². The molecule has 0 bridgehead atoms. The van der Waals surface area contributed by atoms with Crippen LogP contribution >= 0.6 is 0 Å². The van der Waals surface area contributed by atoms with Crippen molar-refractivity contribution in [3.63, 3.8) is 0 Å². The third kappa shape index (κ3) is 12.1. The lowest BCUT2D eigenvalue weighted by molar-refractivity contribution is 0.302. The molecule has 0 aliphatic heterocycles. The molecule has 6 heteroatoms. The van der Waals surface area contributed by atoms with Gasteiger partial charge in [-0.15, -0.1) is 0 Å². The monoisotopic (exact) mass is 496 g/mol. The quantitative estimate of drug-likeness (QED) is 0.117. The summed E-state index contributed by atoms with van der Waals surface area (Å²) in [6.07, 6.45) is 17.5. The predicted octanol–water partition coefficient (Wildman–Crippen LogP) is 8.03. The molecule has 0 aromatic heterocycles. The maximum Gasteiger partial charge on any atom is 0.128 e. The lowest BCUT2D eigenvalue weighted by Gasteiger charge is -2.08. The second kappa shape index (κ2) is 18.3. The van der Waals surface area contributed by atoms with Gasteiger partial charge in [0.05, 0.1) is 25.6 Å². The van der Waals surface area contributed by atoms with Gasteiger partial charge in [-0.2, -0.15) is 10.2 Å². The molecule has 0 aliphatic carbocycles. The van der Waals surface area contributed by atoms with E-state index in [9.17, 15) is 10.2 Å². The van der Waals surface area contributed by atoms with Crippen molar-refractivity contribution in [3.8, 4) is 23.0 Å². The molecule has 0 saturated heterocycles. The Hall–Kier alpha value is -3.02. The van der Waals surface area contributed by atoms with Gasteiger partial charge in [-0.3, -0.25) is 0 Å². The number of aromatic hydroxyl groups is 2. The normalized spacial score (nSPS) is 11.5. The molecule has 6 nitrogen and oxygen atoms in total. The fraction of sp³-hybridized carbons (Fsp3) is 0.533. The van der Waals surface area contributed by atoms with E-state index in [0.717, 1.165) is 12.8 Å². The number of phenolic OH excluding ortho intramolecular Hbond substituents is 2. The van der Waals surface area contributed by atoms with E-state index < -0.39 is 0 Å². The van der Waals surface area contributed by atoms with Gasteiger partial charge in [-0.25, -0.2) is 0 Å². The summed E-state index contributed by atoms with van der Waals surface area (Å²) in [5, 5.41) is 28.5. The number of benzene rings is 2. The van der Waals surface area contributed by atoms with Gasteiger partial charge in [-0.1, -0.05) is 78.1 Å². The summed E-state index contributed by atoms with van der Waals surface area (Å²) in [5.74, 6) is 1.46. The third-order valence-corrected chi connectivity index (χ3v) is 6.00. The molecule has 2 N–H and O–H groups in total. The molecule has 2 aromatic rings. The molecule has 0 fully saturated rings. The maximum atomic E-state index is 10.2. The first-order chi connectivity index (χ1) is 17.6. The van der Waals surface area contributed by atoms with Crippen LogP contribution in [0.1, 0.15) is 102 Å². The molecule has 198 valence electrons. The SMILES string of the molecule is CCCCCCCCOc1ccc(/C=N/N=C/c2ccc(OCCCCCCCC)cc2O)c(O)c1. The van der Waals surface area contributed by atoms with Gasteiger partial charge in [0.2, 0.25) is 0 Å². The van der Waals surface area contributed by atoms with E-state index in [2.05, 4.69) is 24.1 Å². The Labute approximate surface area is 217 Å². The van der Waals surface area contributed by atoms with Crippen LogP contribution in [0.4, 0.5) is 0 Å². The minimum Gasteiger partial charge on any atom is -0.507 e. The number of hydrogen-bond acceptors (Lipinski definition) is 6. The summed E-state index contributed by atoms with van der Waals surface area (Å²) >= 11 is 0. The van der Waals surface area contributed by atoms with Crippen LogP contribution in [0.3, 0.4) is 0 Å². The number of rotatable bonds is 19. The lowest BCUT2D eigenvalue weighted by atomic mass is 10.1. The number of unbranched alkanes of at least 4 members (excludes halogenated alkanes) is 10. The largest absolute Gasteiger partial charge is 0.507 e. The molecule has 0 radical (unpaired) electrons. The topological polar surface area (TPSA) is 83.6 Å². The van der Waals surface area contributed by atoms with Crippen molar-refractivity contribution in [1.82, 2.24) is 0 Å². The van der Waals surface area contributed by atoms with Crippen LogP contribution in [0.15, 0.2) is 46.6 Å². The van der Waals surface area contributed by atoms with Gasteiger partial charge in [0, 0.05) is 23.3 Å². The van der Waals surface area contributed by atoms with Gasteiger partial charge < -0.3 is 19.7 Å². The Morgan fingerprint density at radius 3 is 1.36 bits per heavy atom. The molecule has 0 aliphatic rings. The Morgan fingerprint density at radius 1 is 0.583 bits per heavy atom. The van der Waals surface area contributed by atoms with E-state index in [4.69, 9.17) is 9.47 Å². The van der Waals surface area contributed by atoms with E-state index in [-0.39, 0.29) is 11.5 Å². The van der Waals surface area contributed by atoms with Crippen molar-refractivity contribution in [2.75, 3.05) is 13.2 Å². The lowest BCUT2D eigenvalue weighted by Crippen LogP contribution is -1.97. The van der Waals surface area contributed by atoms with E-state index in [0.29, 0.717) is 35.8 Å². The van der Waals surface area contributed by atoms with E-state index >= 15 is 0 Å². The molecule has 2 rings (SSSR count). The van der Waals surface area contributed by atoms with E-state index in [1.165, 1.54) is 76.6 Å². The van der Waals surface area contributed by atoms with Crippen molar-refractivity contribution in [2.24, 2.45) is 10.2 Å². The Morgan fingerprint density at radius 2 is 0.972 bits per heavy atom. The minimum atomic E-state index is 0.0871. The number of phenols is 2. The molecule has 0 unspecified atom stereocenters. The van der Waals surface area contributed by atoms with Crippen LogP contribution in [0.25, 0.3) is 0 Å². The van der Waals surface area contributed by atoms with Gasteiger partial charge in [0.1, 0.15) is 23.0 Å². The number of hydrogen-bond donors (Lipinski definition) is 2. The van der Waals surface area contributed by atoms with E-state index in [1.54, 1.807) is 24.3 Å². The van der Waals surface area contributed by atoms with Crippen molar-refractivity contribution in [2.45, 2.75) is 90.9 Å². The van der Waals surface area contributed by atoms with Gasteiger partial charge in [0.25, 0.3) is 0 Å². The molecule has 36 heavy (non-hydrogen) atoms. The highest BCUT2D eigenvalue weighted by Crippen LogP contribution is 2.24. The second-order valence-corrected chi connectivity index (χ2v) is 9.16. The highest BCUT2D eigenvalue weighted by Gasteiger charge is 2.03. The summed E-state index contributed by atoms with van der Waals surface area (Å²) in [7, 11) is 0. The molecular weight excluding hydrogens is 452 g/mol. The molecule has 0 spiro atoms. The summed E-state index contributed by atoms with van der Waals surface area (Å²) < 4.78 is 11.5. The standard InChI is InChI=1S/C30H44N2O4/c1-3-5-7-9-11-13-19-35-27-17-15-25(29(33)21-27)23-31-32-24-26-16-18-28(22-30(26)34)36-20-14-12-10-8-6-4-2/h15-18,21-24,33-34H,3-14,19-20H2,1-2H3/b31-23+,32-24+. The molecule has 0 saturated carbocycles. The average molecular weight is 497 g/mol. The van der Waals surface area contributed by atoms with Crippen LogP contribution in [-0.2, 0) is 0 Å². The zero-order chi connectivity index (χ0) is 25.8. The van der Waals surface area contributed by atoms with Crippen molar-refractivity contribution in [3.05, 3.63) is 47.5 Å². The zero-order valence-electron chi connectivity index (χ0n) is 22.1. The Kier molecular flexibility index (Phi) is 14.8. The first kappa shape index (κ1) is 29.2. The second-order valence-electron chi connectivity index (χ2n) is 9.16. The highest BCUT2D eigenvalue weighted by atomic mass is 16.5. The predicted molar refractivity (Wildman–Crippen MR) is 149 cm³/mol. The first-order valence-corrected chi connectivity index (χ1v) is 13.6. The van der Waals surface area contributed by atoms with Crippen molar-refractivity contribution >= 4 is 12.4 Å². The Bertz CT molecular complexity index is 852. The van der Waals surface area contributed by atoms with Crippen molar-refractivity contribution in [1.29, 1.82) is 0 Å². The van der Waals surface area contributed by atoms with Gasteiger partial charge in [-0.05, 0) is 37.1 Å². The summed E-state index contributed by atoms with van der Waals surface area (Å²) in [6.45, 7) is 5.73. The summed E-state index contributed by atoms with van der Waals surface area (Å²) in [6, 6.07) is 10.3. The van der Waals surface area contributed by atoms with Crippen LogP contribution in [-0.4, -0.2) is 35.9 Å². The minimum absolute atomic E-state index is 0.0871. The fourth-order valence-electron chi connectivity index (χ4n) is 3.78. The van der Waals surface area contributed by atoms with Gasteiger partial charge in [0.15, 0.2) is 0 Å². The summed E-state index contributed by atoms with van der Waals surface area (Å²) in [4.78, 5) is 0. The first-order valence-electron chi connectivity index (χ1n) is 13.6. The molecule has 2 aromatic carbocycles. The molecule has 0 amide bonds. The highest BCUT2D eigenvalue weighted by molar-refractivity contribution is 5.86. The average Bonchev–Trinajstić information content (AvgIpc) is 2.87. The third-order valence-electron chi connectivity index (χ3n) is 6.00. The Balaban J connectivity index is 1.74. The zero-order valence-corrected chi connectivity index (χ0v) is 22.1. The van der Waals surface area contributed by atoms with Crippen LogP contribution in [0.5, 0.6) is 23.0 Å². The molecular formula is C30H44N2O4. The van der Waals surface area contributed by atoms with Crippen molar-refractivity contribution < 1.29 is 19.7 Å². The van der Waals surface area contributed by atoms with Crippen LogP contribution in [0.2, 0.25) is 0 Å². The smallest absolute Gasteiger partial charge is 0.128 e. The number of ether oxygens (including phenoxy) is 2. The molecule has 0 heterocycles. The maximum absolute atomic E-state index is 10.2. The van der Waals surface area contributed by atoms with Crippen LogP contribution in [0, 0.1) is 0 Å². The summed E-state index contributed by atoms with van der Waals surface area (Å²) in [5.41, 5.74) is 1.09. The molecule has 0 atom stereocenters. The van der Waals surface area contributed by atoms with Gasteiger partial charge >= 0.3 is 0 Å². The van der Waals surface area contributed by atoms with Crippen LogP contribution < -0.4 is 9.47 Å².